The lowest BCUT2D eigenvalue weighted by molar-refractivity contribution is 0.0995. The molecule has 2 aromatic heterocycles. The van der Waals surface area contributed by atoms with Crippen LogP contribution < -0.4 is 5.73 Å². The number of nitrogens with zero attached hydrogens (tertiary/aromatic N) is 4. The minimum atomic E-state index is -0.550. The van der Waals surface area contributed by atoms with Gasteiger partial charge < -0.3 is 10.8 Å². The molecule has 136 valence electrons. The van der Waals surface area contributed by atoms with E-state index in [1.165, 1.54) is 0 Å². The summed E-state index contributed by atoms with van der Waals surface area (Å²) >= 11 is 0. The standard InChI is InChI=1S/C19H23N5O2/c1-11-5-12(13-7-21-15(9-25)22-8-13)6-14-16(18(20)26)23-24(17(11)14)10-19(2,3)4/h5-8,25H,9-10H2,1-4H3,(H2,20,26). The first-order chi connectivity index (χ1) is 12.2. The molecule has 3 rings (SSSR count). The van der Waals surface area contributed by atoms with Gasteiger partial charge in [0.05, 0.1) is 5.52 Å². The zero-order valence-electron chi connectivity index (χ0n) is 15.4. The molecule has 0 bridgehead atoms. The predicted octanol–water partition coefficient (Wildman–Crippen LogP) is 2.44. The lowest BCUT2D eigenvalue weighted by Crippen LogP contribution is -2.18. The van der Waals surface area contributed by atoms with Crippen LogP contribution in [0.25, 0.3) is 22.0 Å². The monoisotopic (exact) mass is 353 g/mol. The number of hydrogen-bond donors (Lipinski definition) is 2. The fourth-order valence-electron chi connectivity index (χ4n) is 3.03. The molecule has 2 heterocycles. The molecule has 3 aromatic rings. The van der Waals surface area contributed by atoms with Gasteiger partial charge in [0.2, 0.25) is 0 Å². The third kappa shape index (κ3) is 3.43. The molecule has 0 spiro atoms. The molecule has 0 atom stereocenters. The van der Waals surface area contributed by atoms with Gasteiger partial charge in [0.25, 0.3) is 5.91 Å². The van der Waals surface area contributed by atoms with Crippen molar-refractivity contribution in [1.82, 2.24) is 19.7 Å². The summed E-state index contributed by atoms with van der Waals surface area (Å²) in [5, 5.41) is 14.3. The summed E-state index contributed by atoms with van der Waals surface area (Å²) in [5.74, 6) is -0.187. The second-order valence-electron chi connectivity index (χ2n) is 7.67. The van der Waals surface area contributed by atoms with Crippen LogP contribution in [-0.4, -0.2) is 30.8 Å². The molecular formula is C19H23N5O2. The number of primary amides is 1. The van der Waals surface area contributed by atoms with Crippen molar-refractivity contribution in [3.05, 3.63) is 41.6 Å². The van der Waals surface area contributed by atoms with E-state index in [1.54, 1.807) is 12.4 Å². The second kappa shape index (κ2) is 6.49. The van der Waals surface area contributed by atoms with E-state index in [4.69, 9.17) is 10.8 Å². The predicted molar refractivity (Wildman–Crippen MR) is 99.4 cm³/mol. The van der Waals surface area contributed by atoms with E-state index in [2.05, 4.69) is 35.8 Å². The van der Waals surface area contributed by atoms with E-state index < -0.39 is 5.91 Å². The first-order valence-electron chi connectivity index (χ1n) is 8.43. The Morgan fingerprint density at radius 2 is 1.85 bits per heavy atom. The molecule has 0 aliphatic carbocycles. The van der Waals surface area contributed by atoms with E-state index in [1.807, 2.05) is 23.7 Å². The minimum Gasteiger partial charge on any atom is -0.388 e. The van der Waals surface area contributed by atoms with Crippen LogP contribution in [0.3, 0.4) is 0 Å². The average molecular weight is 353 g/mol. The molecule has 0 radical (unpaired) electrons. The smallest absolute Gasteiger partial charge is 0.269 e. The number of aryl methyl sites for hydroxylation is 1. The van der Waals surface area contributed by atoms with Gasteiger partial charge in [0, 0.05) is 29.9 Å². The summed E-state index contributed by atoms with van der Waals surface area (Å²) < 4.78 is 1.86. The number of benzene rings is 1. The Morgan fingerprint density at radius 1 is 1.19 bits per heavy atom. The fourth-order valence-corrected chi connectivity index (χ4v) is 3.03. The number of hydrogen-bond acceptors (Lipinski definition) is 5. The molecule has 3 N–H and O–H groups in total. The maximum Gasteiger partial charge on any atom is 0.269 e. The molecule has 0 aliphatic heterocycles. The maximum atomic E-state index is 11.9. The number of carbonyl (C=O) groups excluding carboxylic acids is 1. The molecule has 0 saturated carbocycles. The second-order valence-corrected chi connectivity index (χ2v) is 7.67. The van der Waals surface area contributed by atoms with Gasteiger partial charge in [-0.1, -0.05) is 20.8 Å². The number of rotatable bonds is 4. The van der Waals surface area contributed by atoms with Gasteiger partial charge in [-0.15, -0.1) is 0 Å². The van der Waals surface area contributed by atoms with Crippen molar-refractivity contribution in [3.63, 3.8) is 0 Å². The molecule has 1 aromatic carbocycles. The summed E-state index contributed by atoms with van der Waals surface area (Å²) in [5.41, 5.74) is 9.41. The van der Waals surface area contributed by atoms with Gasteiger partial charge in [-0.2, -0.15) is 5.10 Å². The highest BCUT2D eigenvalue weighted by Gasteiger charge is 2.21. The number of aliphatic hydroxyl groups excluding tert-OH is 1. The number of aromatic nitrogens is 4. The van der Waals surface area contributed by atoms with Crippen molar-refractivity contribution in [2.75, 3.05) is 0 Å². The molecule has 7 heteroatoms. The molecule has 26 heavy (non-hydrogen) atoms. The van der Waals surface area contributed by atoms with Gasteiger partial charge in [0.1, 0.15) is 6.61 Å². The van der Waals surface area contributed by atoms with Crippen LogP contribution in [-0.2, 0) is 13.2 Å². The fraction of sp³-hybridized carbons (Fsp3) is 0.368. The van der Waals surface area contributed by atoms with Crippen LogP contribution in [0.5, 0.6) is 0 Å². The highest BCUT2D eigenvalue weighted by Crippen LogP contribution is 2.30. The van der Waals surface area contributed by atoms with E-state index in [0.717, 1.165) is 27.6 Å². The number of carbonyl (C=O) groups is 1. The van der Waals surface area contributed by atoms with Gasteiger partial charge in [-0.25, -0.2) is 9.97 Å². The molecule has 1 amide bonds. The summed E-state index contributed by atoms with van der Waals surface area (Å²) in [6.07, 6.45) is 3.31. The van der Waals surface area contributed by atoms with Crippen LogP contribution in [0.15, 0.2) is 24.5 Å². The summed E-state index contributed by atoms with van der Waals surface area (Å²) in [4.78, 5) is 20.2. The molecule has 0 unspecified atom stereocenters. The Hall–Kier alpha value is -2.80. The van der Waals surface area contributed by atoms with Crippen LogP contribution in [0.2, 0.25) is 0 Å². The minimum absolute atomic E-state index is 0.00689. The summed E-state index contributed by atoms with van der Waals surface area (Å²) in [6.45, 7) is 8.81. The Balaban J connectivity index is 2.20. The Morgan fingerprint density at radius 3 is 2.38 bits per heavy atom. The van der Waals surface area contributed by atoms with E-state index in [9.17, 15) is 4.79 Å². The van der Waals surface area contributed by atoms with Crippen molar-refractivity contribution in [3.8, 4) is 11.1 Å². The highest BCUT2D eigenvalue weighted by atomic mass is 16.3. The zero-order valence-corrected chi connectivity index (χ0v) is 15.4. The van der Waals surface area contributed by atoms with Crippen molar-refractivity contribution in [2.45, 2.75) is 40.8 Å². The first kappa shape index (κ1) is 18.0. The lowest BCUT2D eigenvalue weighted by Gasteiger charge is -2.19. The topological polar surface area (TPSA) is 107 Å². The summed E-state index contributed by atoms with van der Waals surface area (Å²) in [7, 11) is 0. The van der Waals surface area contributed by atoms with Gasteiger partial charge in [0.15, 0.2) is 11.5 Å². The van der Waals surface area contributed by atoms with Crippen molar-refractivity contribution < 1.29 is 9.90 Å². The third-order valence-electron chi connectivity index (χ3n) is 4.07. The molecule has 0 aliphatic rings. The highest BCUT2D eigenvalue weighted by molar-refractivity contribution is 6.06. The van der Waals surface area contributed by atoms with Crippen LogP contribution >= 0.6 is 0 Å². The SMILES string of the molecule is Cc1cc(-c2cnc(CO)nc2)cc2c(C(N)=O)nn(CC(C)(C)C)c12. The van der Waals surface area contributed by atoms with Gasteiger partial charge in [-0.05, 0) is 35.6 Å². The van der Waals surface area contributed by atoms with Crippen molar-refractivity contribution in [2.24, 2.45) is 11.1 Å². The third-order valence-corrected chi connectivity index (χ3v) is 4.07. The van der Waals surface area contributed by atoms with Crippen LogP contribution in [0.4, 0.5) is 0 Å². The number of aliphatic hydroxyl groups is 1. The quantitative estimate of drug-likeness (QED) is 0.749. The van der Waals surface area contributed by atoms with Crippen LogP contribution in [0.1, 0.15) is 42.6 Å². The zero-order chi connectivity index (χ0) is 19.1. The van der Waals surface area contributed by atoms with Gasteiger partial charge in [-0.3, -0.25) is 9.48 Å². The first-order valence-corrected chi connectivity index (χ1v) is 8.43. The average Bonchev–Trinajstić information content (AvgIpc) is 2.92. The van der Waals surface area contributed by atoms with E-state index in [-0.39, 0.29) is 17.7 Å². The van der Waals surface area contributed by atoms with E-state index in [0.29, 0.717) is 12.4 Å². The molecule has 7 nitrogen and oxygen atoms in total. The normalized spacial score (nSPS) is 11.9. The molecule has 0 saturated heterocycles. The van der Waals surface area contributed by atoms with Crippen LogP contribution in [0, 0.1) is 12.3 Å². The molecule has 0 fully saturated rings. The molecular weight excluding hydrogens is 330 g/mol. The van der Waals surface area contributed by atoms with Gasteiger partial charge >= 0.3 is 0 Å². The number of amides is 1. The summed E-state index contributed by atoms with van der Waals surface area (Å²) in [6, 6.07) is 3.91. The number of fused-ring (bicyclic) bond motifs is 1. The lowest BCUT2D eigenvalue weighted by atomic mass is 9.96. The number of nitrogens with two attached hydrogens (primary N) is 1. The Kier molecular flexibility index (Phi) is 4.50. The Bertz CT molecular complexity index is 968. The largest absolute Gasteiger partial charge is 0.388 e. The van der Waals surface area contributed by atoms with Crippen molar-refractivity contribution >= 4 is 16.8 Å². The van der Waals surface area contributed by atoms with Crippen molar-refractivity contribution in [1.29, 1.82) is 0 Å². The maximum absolute atomic E-state index is 11.9. The Labute approximate surface area is 151 Å². The van der Waals surface area contributed by atoms with E-state index >= 15 is 0 Å².